The molecule has 2 N–H and O–H groups in total. The molecule has 18 heavy (non-hydrogen) atoms. The minimum absolute atomic E-state index is 0.342. The highest BCUT2D eigenvalue weighted by atomic mass is 35.5. The Balaban J connectivity index is 2.33. The van der Waals surface area contributed by atoms with Gasteiger partial charge in [-0.1, -0.05) is 31.5 Å². The summed E-state index contributed by atoms with van der Waals surface area (Å²) in [4.78, 5) is 0. The summed E-state index contributed by atoms with van der Waals surface area (Å²) >= 11 is 6.05. The van der Waals surface area contributed by atoms with Crippen LogP contribution in [0.2, 0.25) is 5.02 Å². The second kappa shape index (κ2) is 7.62. The topological polar surface area (TPSA) is 41.5 Å². The molecule has 1 aromatic carbocycles. The summed E-state index contributed by atoms with van der Waals surface area (Å²) in [5.74, 6) is 0.483. The first-order chi connectivity index (χ1) is 8.49. The molecule has 4 heteroatoms. The van der Waals surface area contributed by atoms with Gasteiger partial charge in [-0.3, -0.25) is 0 Å². The van der Waals surface area contributed by atoms with Gasteiger partial charge in [-0.15, -0.1) is 0 Å². The van der Waals surface area contributed by atoms with Crippen molar-refractivity contribution >= 4 is 17.3 Å². The van der Waals surface area contributed by atoms with Gasteiger partial charge in [0.2, 0.25) is 0 Å². The van der Waals surface area contributed by atoms with E-state index in [4.69, 9.17) is 16.3 Å². The summed E-state index contributed by atoms with van der Waals surface area (Å²) < 4.78 is 5.38. The zero-order valence-electron chi connectivity index (χ0n) is 11.2. The van der Waals surface area contributed by atoms with E-state index in [0.717, 1.165) is 11.3 Å². The van der Waals surface area contributed by atoms with Crippen LogP contribution in [0.4, 0.5) is 5.69 Å². The maximum absolute atomic E-state index is 9.75. The molecule has 1 rings (SSSR count). The molecule has 0 aliphatic carbocycles. The van der Waals surface area contributed by atoms with Crippen molar-refractivity contribution in [3.63, 3.8) is 0 Å². The van der Waals surface area contributed by atoms with Gasteiger partial charge in [0.1, 0.15) is 0 Å². The molecule has 1 aromatic rings. The molecular formula is C14H22ClNO2. The molecule has 0 aliphatic heterocycles. The van der Waals surface area contributed by atoms with E-state index < -0.39 is 6.10 Å². The van der Waals surface area contributed by atoms with Gasteiger partial charge >= 0.3 is 0 Å². The van der Waals surface area contributed by atoms with Crippen molar-refractivity contribution < 1.29 is 9.84 Å². The van der Waals surface area contributed by atoms with Crippen molar-refractivity contribution in [3.05, 3.63) is 28.8 Å². The SMILES string of the molecule is Cc1ccc(Cl)c(NCC(O)COCC(C)C)c1. The number of nitrogens with one attached hydrogen (secondary N) is 1. The molecule has 0 amide bonds. The summed E-state index contributed by atoms with van der Waals surface area (Å²) in [7, 11) is 0. The Kier molecular flexibility index (Phi) is 6.47. The maximum atomic E-state index is 9.75. The Morgan fingerprint density at radius 2 is 2.06 bits per heavy atom. The number of rotatable bonds is 7. The van der Waals surface area contributed by atoms with Crippen LogP contribution in [0.5, 0.6) is 0 Å². The van der Waals surface area contributed by atoms with E-state index >= 15 is 0 Å². The minimum Gasteiger partial charge on any atom is -0.389 e. The Labute approximate surface area is 114 Å². The van der Waals surface area contributed by atoms with Gasteiger partial charge in [0, 0.05) is 13.2 Å². The summed E-state index contributed by atoms with van der Waals surface area (Å²) in [5.41, 5.74) is 1.98. The lowest BCUT2D eigenvalue weighted by molar-refractivity contribution is 0.0318. The lowest BCUT2D eigenvalue weighted by Crippen LogP contribution is -2.25. The quantitative estimate of drug-likeness (QED) is 0.801. The van der Waals surface area contributed by atoms with Crippen LogP contribution in [-0.2, 0) is 4.74 Å². The Morgan fingerprint density at radius 3 is 2.72 bits per heavy atom. The van der Waals surface area contributed by atoms with E-state index in [-0.39, 0.29) is 0 Å². The van der Waals surface area contributed by atoms with Gasteiger partial charge in [0.25, 0.3) is 0 Å². The molecule has 0 spiro atoms. The molecule has 0 aromatic heterocycles. The summed E-state index contributed by atoms with van der Waals surface area (Å²) in [6.07, 6.45) is -0.527. The highest BCUT2D eigenvalue weighted by Gasteiger charge is 2.06. The Hall–Kier alpha value is -0.770. The number of anilines is 1. The summed E-state index contributed by atoms with van der Waals surface area (Å²) in [6.45, 7) is 7.61. The molecule has 102 valence electrons. The zero-order valence-corrected chi connectivity index (χ0v) is 12.0. The lowest BCUT2D eigenvalue weighted by atomic mass is 10.2. The predicted molar refractivity (Wildman–Crippen MR) is 76.3 cm³/mol. The third-order valence-corrected chi connectivity index (χ3v) is 2.74. The van der Waals surface area contributed by atoms with Gasteiger partial charge in [-0.25, -0.2) is 0 Å². The third kappa shape index (κ3) is 5.71. The molecule has 0 bridgehead atoms. The Morgan fingerprint density at radius 1 is 1.33 bits per heavy atom. The fraction of sp³-hybridized carbons (Fsp3) is 0.571. The summed E-state index contributed by atoms with van der Waals surface area (Å²) in [6, 6.07) is 5.76. The number of aliphatic hydroxyl groups excluding tert-OH is 1. The average molecular weight is 272 g/mol. The molecule has 0 heterocycles. The molecule has 0 fully saturated rings. The van der Waals surface area contributed by atoms with Gasteiger partial charge in [0.15, 0.2) is 0 Å². The zero-order chi connectivity index (χ0) is 13.5. The second-order valence-corrected chi connectivity index (χ2v) is 5.36. The smallest absolute Gasteiger partial charge is 0.0945 e. The summed E-state index contributed by atoms with van der Waals surface area (Å²) in [5, 5.41) is 13.5. The fourth-order valence-electron chi connectivity index (χ4n) is 1.50. The van der Waals surface area contributed by atoms with Crippen molar-refractivity contribution in [2.45, 2.75) is 26.9 Å². The van der Waals surface area contributed by atoms with Crippen LogP contribution in [0.15, 0.2) is 18.2 Å². The van der Waals surface area contributed by atoms with Crippen LogP contribution in [0, 0.1) is 12.8 Å². The van der Waals surface area contributed by atoms with E-state index in [2.05, 4.69) is 19.2 Å². The normalized spacial score (nSPS) is 12.8. The first-order valence-electron chi connectivity index (χ1n) is 6.25. The van der Waals surface area contributed by atoms with Crippen LogP contribution >= 0.6 is 11.6 Å². The van der Waals surface area contributed by atoms with E-state index in [0.29, 0.717) is 30.7 Å². The van der Waals surface area contributed by atoms with Gasteiger partial charge in [-0.2, -0.15) is 0 Å². The van der Waals surface area contributed by atoms with Gasteiger partial charge in [0.05, 0.1) is 23.4 Å². The number of benzene rings is 1. The van der Waals surface area contributed by atoms with Crippen LogP contribution in [0.25, 0.3) is 0 Å². The highest BCUT2D eigenvalue weighted by molar-refractivity contribution is 6.33. The number of hydrogen-bond acceptors (Lipinski definition) is 3. The number of halogens is 1. The molecular weight excluding hydrogens is 250 g/mol. The van der Waals surface area contributed by atoms with Crippen LogP contribution in [-0.4, -0.2) is 31.0 Å². The van der Waals surface area contributed by atoms with Crippen LogP contribution in [0.1, 0.15) is 19.4 Å². The molecule has 0 aliphatic rings. The van der Waals surface area contributed by atoms with E-state index in [1.165, 1.54) is 0 Å². The molecule has 3 nitrogen and oxygen atoms in total. The number of aryl methyl sites for hydroxylation is 1. The van der Waals surface area contributed by atoms with Gasteiger partial charge < -0.3 is 15.2 Å². The van der Waals surface area contributed by atoms with Crippen molar-refractivity contribution in [2.24, 2.45) is 5.92 Å². The van der Waals surface area contributed by atoms with Crippen molar-refractivity contribution in [3.8, 4) is 0 Å². The standard InChI is InChI=1S/C14H22ClNO2/c1-10(2)8-18-9-12(17)7-16-14-6-11(3)4-5-13(14)15/h4-6,10,12,16-17H,7-9H2,1-3H3. The minimum atomic E-state index is -0.527. The van der Waals surface area contributed by atoms with Crippen molar-refractivity contribution in [1.82, 2.24) is 0 Å². The molecule has 0 saturated heterocycles. The Bertz CT molecular complexity index is 369. The molecule has 1 unspecified atom stereocenters. The predicted octanol–water partition coefficient (Wildman–Crippen LogP) is 3.09. The first-order valence-corrected chi connectivity index (χ1v) is 6.62. The first kappa shape index (κ1) is 15.3. The van der Waals surface area contributed by atoms with Crippen molar-refractivity contribution in [2.75, 3.05) is 25.1 Å². The third-order valence-electron chi connectivity index (χ3n) is 2.41. The van der Waals surface area contributed by atoms with Crippen molar-refractivity contribution in [1.29, 1.82) is 0 Å². The maximum Gasteiger partial charge on any atom is 0.0945 e. The number of ether oxygens (including phenoxy) is 1. The average Bonchev–Trinajstić information content (AvgIpc) is 2.30. The fourth-order valence-corrected chi connectivity index (χ4v) is 1.69. The van der Waals surface area contributed by atoms with Crippen LogP contribution < -0.4 is 5.32 Å². The molecule has 1 atom stereocenters. The second-order valence-electron chi connectivity index (χ2n) is 4.95. The lowest BCUT2D eigenvalue weighted by Gasteiger charge is -2.15. The van der Waals surface area contributed by atoms with Gasteiger partial charge in [-0.05, 0) is 30.5 Å². The largest absolute Gasteiger partial charge is 0.389 e. The molecule has 0 saturated carbocycles. The highest BCUT2D eigenvalue weighted by Crippen LogP contribution is 2.22. The van der Waals surface area contributed by atoms with E-state index in [1.54, 1.807) is 0 Å². The molecule has 0 radical (unpaired) electrons. The number of aliphatic hydroxyl groups is 1. The van der Waals surface area contributed by atoms with E-state index in [1.807, 2.05) is 25.1 Å². The monoisotopic (exact) mass is 271 g/mol. The number of hydrogen-bond donors (Lipinski definition) is 2. The van der Waals surface area contributed by atoms with Crippen LogP contribution in [0.3, 0.4) is 0 Å². The van der Waals surface area contributed by atoms with E-state index in [9.17, 15) is 5.11 Å².